The van der Waals surface area contributed by atoms with Crippen LogP contribution < -0.4 is 10.6 Å². The monoisotopic (exact) mass is 732 g/mol. The number of piperidine rings is 2. The Bertz CT molecular complexity index is 1160. The second-order valence-electron chi connectivity index (χ2n) is 18.8. The van der Waals surface area contributed by atoms with Gasteiger partial charge >= 0.3 is 0 Å². The molecule has 2 N–H and O–H groups in total. The van der Waals surface area contributed by atoms with E-state index < -0.39 is 11.1 Å². The minimum Gasteiger partial charge on any atom is -0.313 e. The first-order valence-electron chi connectivity index (χ1n) is 20.9. The number of aromatic nitrogens is 3. The van der Waals surface area contributed by atoms with Crippen molar-refractivity contribution >= 4 is 11.6 Å². The van der Waals surface area contributed by atoms with E-state index in [1.807, 2.05) is 0 Å². The number of hydrogen-bond acceptors (Lipinski definition) is 9. The molecule has 0 spiro atoms. The third-order valence-corrected chi connectivity index (χ3v) is 12.8. The van der Waals surface area contributed by atoms with Gasteiger partial charge in [-0.2, -0.15) is 10.1 Å². The summed E-state index contributed by atoms with van der Waals surface area (Å²) in [4.78, 5) is 29.6. The Morgan fingerprint density at radius 3 is 1.33 bits per heavy atom. The van der Waals surface area contributed by atoms with E-state index in [0.29, 0.717) is 0 Å². The number of hydroxylamine groups is 4. The average molecular weight is 733 g/mol. The van der Waals surface area contributed by atoms with Crippen LogP contribution in [0.2, 0.25) is 5.28 Å². The third-order valence-electron chi connectivity index (χ3n) is 12.6. The lowest BCUT2D eigenvalue weighted by Gasteiger charge is -2.59. The topological polar surface area (TPSA) is 87.7 Å². The van der Waals surface area contributed by atoms with Crippen molar-refractivity contribution < 1.29 is 9.68 Å². The van der Waals surface area contributed by atoms with Gasteiger partial charge in [0.05, 0.1) is 35.1 Å². The van der Waals surface area contributed by atoms with Crippen LogP contribution in [0.5, 0.6) is 0 Å². The minimum absolute atomic E-state index is 0.0607. The molecule has 4 fully saturated rings. The van der Waals surface area contributed by atoms with E-state index in [9.17, 15) is 0 Å². The predicted octanol–water partition coefficient (Wildman–Crippen LogP) is 9.26. The molecule has 4 atom stereocenters. The molecule has 10 heteroatoms. The summed E-state index contributed by atoms with van der Waals surface area (Å²) in [6.45, 7) is 25.1. The molecule has 1 aromatic heterocycles. The van der Waals surface area contributed by atoms with Crippen LogP contribution in [0.1, 0.15) is 195 Å². The van der Waals surface area contributed by atoms with Crippen molar-refractivity contribution in [1.82, 2.24) is 35.7 Å². The van der Waals surface area contributed by atoms with Crippen LogP contribution in [0.15, 0.2) is 0 Å². The molecule has 2 aliphatic heterocycles. The van der Waals surface area contributed by atoms with E-state index in [2.05, 4.69) is 90.0 Å². The molecule has 0 amide bonds. The van der Waals surface area contributed by atoms with Crippen LogP contribution in [0, 0.1) is 0 Å². The van der Waals surface area contributed by atoms with E-state index >= 15 is 0 Å². The summed E-state index contributed by atoms with van der Waals surface area (Å²) in [5.41, 5.74) is -1.18. The Kier molecular flexibility index (Phi) is 13.9. The van der Waals surface area contributed by atoms with Crippen molar-refractivity contribution in [2.45, 2.75) is 230 Å². The van der Waals surface area contributed by atoms with E-state index in [1.165, 1.54) is 38.5 Å². The fourth-order valence-electron chi connectivity index (χ4n) is 10.4. The van der Waals surface area contributed by atoms with Gasteiger partial charge in [0.25, 0.3) is 0 Å². The molecule has 0 aromatic carbocycles. The molecule has 0 radical (unpaired) electrons. The highest BCUT2D eigenvalue weighted by Gasteiger charge is 2.57. The van der Waals surface area contributed by atoms with Crippen LogP contribution in [0.4, 0.5) is 0 Å². The fraction of sp³-hybridized carbons (Fsp3) is 0.927. The zero-order chi connectivity index (χ0) is 37.0. The molecule has 4 unspecified atom stereocenters. The molecule has 2 saturated heterocycles. The van der Waals surface area contributed by atoms with Gasteiger partial charge in [-0.05, 0) is 131 Å². The summed E-state index contributed by atoms with van der Waals surface area (Å²) < 4.78 is 0. The standard InChI is InChI=1S/C41H74ClN7O2/c1-11-13-25-43-31-27-38(3,4)48(50-29-21-17-15-18-22-29)40(7,8)33(31)35-45-36(47-37(42)46-35)34-32(44-26-14-12-2)28-39(5,6)49(41(34,9)10)51-30-23-19-16-20-24-30/h29-34,43-44H,11-28H2,1-10H3. The summed E-state index contributed by atoms with van der Waals surface area (Å²) in [6, 6.07) is 0.309. The van der Waals surface area contributed by atoms with Gasteiger partial charge in [-0.3, -0.25) is 9.68 Å². The molecule has 2 saturated carbocycles. The van der Waals surface area contributed by atoms with Crippen LogP contribution in [-0.4, -0.2) is 84.6 Å². The SMILES string of the molecule is CCCCNC1CC(C)(C)N(OC2CCCCC2)C(C)(C)C1c1nc(Cl)nc(C2C(NCCCC)CC(C)(C)N(OC3CCCCC3)C2(C)C)n1. The number of unbranched alkanes of at least 4 members (excludes halogenated alkanes) is 2. The molecule has 51 heavy (non-hydrogen) atoms. The quantitative estimate of drug-likeness (QED) is 0.182. The summed E-state index contributed by atoms with van der Waals surface area (Å²) in [5, 5.41) is 12.9. The zero-order valence-corrected chi connectivity index (χ0v) is 34.9. The van der Waals surface area contributed by atoms with Gasteiger partial charge in [0, 0.05) is 23.2 Å². The first kappa shape index (κ1) is 41.2. The van der Waals surface area contributed by atoms with Gasteiger partial charge in [0.2, 0.25) is 5.28 Å². The highest BCUT2D eigenvalue weighted by atomic mass is 35.5. The van der Waals surface area contributed by atoms with Gasteiger partial charge in [0.15, 0.2) is 0 Å². The smallest absolute Gasteiger partial charge is 0.225 e. The summed E-state index contributed by atoms with van der Waals surface area (Å²) in [6.07, 6.45) is 18.9. The number of rotatable bonds is 14. The normalized spacial score (nSPS) is 30.4. The lowest BCUT2D eigenvalue weighted by atomic mass is 9.69. The molecule has 4 aliphatic rings. The maximum atomic E-state index is 7.05. The van der Waals surface area contributed by atoms with Crippen molar-refractivity contribution in [3.05, 3.63) is 16.9 Å². The van der Waals surface area contributed by atoms with E-state index in [4.69, 9.17) is 36.2 Å². The highest BCUT2D eigenvalue weighted by Crippen LogP contribution is 2.50. The number of hydrogen-bond donors (Lipinski definition) is 2. The lowest BCUT2D eigenvalue weighted by molar-refractivity contribution is -0.316. The van der Waals surface area contributed by atoms with Crippen molar-refractivity contribution in [3.63, 3.8) is 0 Å². The van der Waals surface area contributed by atoms with Gasteiger partial charge < -0.3 is 10.6 Å². The zero-order valence-electron chi connectivity index (χ0n) is 34.1. The number of nitrogens with zero attached hydrogens (tertiary/aromatic N) is 5. The van der Waals surface area contributed by atoms with Crippen molar-refractivity contribution in [1.29, 1.82) is 0 Å². The maximum Gasteiger partial charge on any atom is 0.225 e. The summed E-state index contributed by atoms with van der Waals surface area (Å²) >= 11 is 7.03. The minimum atomic E-state index is -0.413. The Hall–Kier alpha value is -0.940. The van der Waals surface area contributed by atoms with Gasteiger partial charge in [-0.1, -0.05) is 65.2 Å². The Morgan fingerprint density at radius 2 is 0.980 bits per heavy atom. The predicted molar refractivity (Wildman–Crippen MR) is 209 cm³/mol. The van der Waals surface area contributed by atoms with E-state index in [-0.39, 0.29) is 52.5 Å². The highest BCUT2D eigenvalue weighted by molar-refractivity contribution is 6.28. The second-order valence-corrected chi connectivity index (χ2v) is 19.1. The molecular weight excluding hydrogens is 658 g/mol. The fourth-order valence-corrected chi connectivity index (χ4v) is 10.6. The molecule has 292 valence electrons. The average Bonchev–Trinajstić information content (AvgIpc) is 3.05. The van der Waals surface area contributed by atoms with E-state index in [0.717, 1.165) is 88.9 Å². The number of halogens is 1. The van der Waals surface area contributed by atoms with Gasteiger partial charge in [-0.25, -0.2) is 15.0 Å². The summed E-state index contributed by atoms with van der Waals surface area (Å²) in [5.74, 6) is 1.41. The third kappa shape index (κ3) is 9.48. The Morgan fingerprint density at radius 1 is 0.608 bits per heavy atom. The summed E-state index contributed by atoms with van der Waals surface area (Å²) in [7, 11) is 0. The van der Waals surface area contributed by atoms with Crippen molar-refractivity contribution in [2.75, 3.05) is 13.1 Å². The molecule has 5 rings (SSSR count). The molecule has 1 aromatic rings. The van der Waals surface area contributed by atoms with Crippen LogP contribution in [0.3, 0.4) is 0 Å². The maximum absolute atomic E-state index is 7.05. The van der Waals surface area contributed by atoms with Crippen LogP contribution in [0.25, 0.3) is 0 Å². The molecule has 9 nitrogen and oxygen atoms in total. The van der Waals surface area contributed by atoms with Crippen molar-refractivity contribution in [2.24, 2.45) is 0 Å². The van der Waals surface area contributed by atoms with Crippen LogP contribution in [-0.2, 0) is 9.68 Å². The number of nitrogens with one attached hydrogen (secondary N) is 2. The molecule has 3 heterocycles. The lowest BCUT2D eigenvalue weighted by Crippen LogP contribution is -2.69. The molecular formula is C41H74ClN7O2. The Balaban J connectivity index is 1.57. The van der Waals surface area contributed by atoms with Crippen LogP contribution >= 0.6 is 11.6 Å². The van der Waals surface area contributed by atoms with Crippen molar-refractivity contribution in [3.8, 4) is 0 Å². The first-order chi connectivity index (χ1) is 24.1. The molecule has 2 aliphatic carbocycles. The van der Waals surface area contributed by atoms with E-state index in [1.54, 1.807) is 0 Å². The largest absolute Gasteiger partial charge is 0.313 e. The van der Waals surface area contributed by atoms with Gasteiger partial charge in [0.1, 0.15) is 11.6 Å². The second kappa shape index (κ2) is 17.2. The Labute approximate surface area is 316 Å². The van der Waals surface area contributed by atoms with Gasteiger partial charge in [-0.15, -0.1) is 0 Å². The first-order valence-corrected chi connectivity index (χ1v) is 21.3. The molecule has 0 bridgehead atoms.